The molecule has 1 aromatic heterocycles. The number of hydrogen-bond donors (Lipinski definition) is 2. The van der Waals surface area contributed by atoms with Crippen LogP contribution in [0.15, 0.2) is 18.2 Å². The average Bonchev–Trinajstić information content (AvgIpc) is 2.59. The van der Waals surface area contributed by atoms with Gasteiger partial charge in [-0.25, -0.2) is 0 Å². The van der Waals surface area contributed by atoms with Crippen molar-refractivity contribution in [2.75, 3.05) is 5.73 Å². The van der Waals surface area contributed by atoms with Crippen LogP contribution >= 0.6 is 0 Å². The molecular formula is C12H17N3. The maximum Gasteiger partial charge on any atom is 0.153 e. The maximum absolute atomic E-state index is 5.78. The van der Waals surface area contributed by atoms with E-state index in [0.717, 1.165) is 10.9 Å². The maximum atomic E-state index is 5.78. The van der Waals surface area contributed by atoms with Gasteiger partial charge in [0.25, 0.3) is 0 Å². The van der Waals surface area contributed by atoms with Crippen LogP contribution in [0.25, 0.3) is 10.9 Å². The SMILES string of the molecule is CC(C)C(C)c1ccc2[nH]nc(N)c2c1. The minimum absolute atomic E-state index is 0.545. The summed E-state index contributed by atoms with van der Waals surface area (Å²) < 4.78 is 0. The summed E-state index contributed by atoms with van der Waals surface area (Å²) in [4.78, 5) is 0. The molecule has 0 aliphatic heterocycles. The van der Waals surface area contributed by atoms with E-state index in [-0.39, 0.29) is 0 Å². The number of nitrogens with one attached hydrogen (secondary N) is 1. The molecule has 0 aliphatic carbocycles. The molecule has 0 bridgehead atoms. The monoisotopic (exact) mass is 203 g/mol. The summed E-state index contributed by atoms with van der Waals surface area (Å²) in [6.07, 6.45) is 0. The normalized spacial score (nSPS) is 13.6. The molecule has 1 heterocycles. The lowest BCUT2D eigenvalue weighted by atomic mass is 9.90. The van der Waals surface area contributed by atoms with Gasteiger partial charge < -0.3 is 5.73 Å². The van der Waals surface area contributed by atoms with Crippen LogP contribution in [0, 0.1) is 5.92 Å². The number of hydrogen-bond acceptors (Lipinski definition) is 2. The summed E-state index contributed by atoms with van der Waals surface area (Å²) in [5, 5.41) is 7.93. The van der Waals surface area contributed by atoms with Gasteiger partial charge in [0.1, 0.15) is 0 Å². The average molecular weight is 203 g/mol. The van der Waals surface area contributed by atoms with Crippen molar-refractivity contribution in [3.8, 4) is 0 Å². The van der Waals surface area contributed by atoms with Crippen LogP contribution in [0.1, 0.15) is 32.3 Å². The molecule has 0 aliphatic rings. The van der Waals surface area contributed by atoms with Crippen molar-refractivity contribution in [1.82, 2.24) is 10.2 Å². The molecule has 0 spiro atoms. The Kier molecular flexibility index (Phi) is 2.39. The molecule has 1 aromatic carbocycles. The first-order chi connectivity index (χ1) is 7.09. The molecule has 0 saturated heterocycles. The van der Waals surface area contributed by atoms with E-state index in [1.54, 1.807) is 0 Å². The van der Waals surface area contributed by atoms with Gasteiger partial charge in [-0.2, -0.15) is 5.10 Å². The van der Waals surface area contributed by atoms with Crippen LogP contribution < -0.4 is 5.73 Å². The van der Waals surface area contributed by atoms with Gasteiger partial charge in [0.15, 0.2) is 5.82 Å². The second-order valence-electron chi connectivity index (χ2n) is 4.45. The highest BCUT2D eigenvalue weighted by Gasteiger charge is 2.11. The van der Waals surface area contributed by atoms with Gasteiger partial charge in [-0.3, -0.25) is 5.10 Å². The Morgan fingerprint density at radius 1 is 1.27 bits per heavy atom. The minimum Gasteiger partial charge on any atom is -0.382 e. The Hall–Kier alpha value is -1.51. The molecule has 3 N–H and O–H groups in total. The Bertz CT molecular complexity index is 471. The number of nitrogens with zero attached hydrogens (tertiary/aromatic N) is 1. The highest BCUT2D eigenvalue weighted by atomic mass is 15.1. The highest BCUT2D eigenvalue weighted by Crippen LogP contribution is 2.27. The highest BCUT2D eigenvalue weighted by molar-refractivity contribution is 5.89. The van der Waals surface area contributed by atoms with Crippen molar-refractivity contribution in [3.05, 3.63) is 23.8 Å². The summed E-state index contributed by atoms with van der Waals surface area (Å²) in [6.45, 7) is 6.70. The van der Waals surface area contributed by atoms with Crippen LogP contribution in [-0.2, 0) is 0 Å². The summed E-state index contributed by atoms with van der Waals surface area (Å²) in [5.41, 5.74) is 8.11. The molecule has 2 aromatic rings. The van der Waals surface area contributed by atoms with Crippen LogP contribution in [0.4, 0.5) is 5.82 Å². The number of anilines is 1. The molecule has 0 radical (unpaired) electrons. The standard InChI is InChI=1S/C12H17N3/c1-7(2)8(3)9-4-5-11-10(6-9)12(13)15-14-11/h4-8H,1-3H3,(H3,13,14,15). The van der Waals surface area contributed by atoms with Gasteiger partial charge in [-0.15, -0.1) is 0 Å². The fraction of sp³-hybridized carbons (Fsp3) is 0.417. The van der Waals surface area contributed by atoms with E-state index in [1.165, 1.54) is 5.56 Å². The number of H-pyrrole nitrogens is 1. The molecular weight excluding hydrogens is 186 g/mol. The van der Waals surface area contributed by atoms with Crippen LogP contribution in [-0.4, -0.2) is 10.2 Å². The van der Waals surface area contributed by atoms with Gasteiger partial charge in [-0.05, 0) is 29.5 Å². The van der Waals surface area contributed by atoms with Crippen LogP contribution in [0.2, 0.25) is 0 Å². The lowest BCUT2D eigenvalue weighted by Gasteiger charge is -2.15. The summed E-state index contributed by atoms with van der Waals surface area (Å²) >= 11 is 0. The van der Waals surface area contributed by atoms with Crippen LogP contribution in [0.3, 0.4) is 0 Å². The molecule has 15 heavy (non-hydrogen) atoms. The molecule has 2 rings (SSSR count). The number of fused-ring (bicyclic) bond motifs is 1. The first-order valence-corrected chi connectivity index (χ1v) is 5.33. The summed E-state index contributed by atoms with van der Waals surface area (Å²) in [7, 11) is 0. The van der Waals surface area contributed by atoms with Crippen molar-refractivity contribution in [2.24, 2.45) is 5.92 Å². The number of benzene rings is 1. The minimum atomic E-state index is 0.545. The zero-order valence-corrected chi connectivity index (χ0v) is 9.41. The van der Waals surface area contributed by atoms with Crippen molar-refractivity contribution >= 4 is 16.7 Å². The Morgan fingerprint density at radius 3 is 2.67 bits per heavy atom. The second-order valence-corrected chi connectivity index (χ2v) is 4.45. The summed E-state index contributed by atoms with van der Waals surface area (Å²) in [6, 6.07) is 6.33. The van der Waals surface area contributed by atoms with E-state index in [4.69, 9.17) is 5.73 Å². The third kappa shape index (κ3) is 1.69. The fourth-order valence-corrected chi connectivity index (χ4v) is 1.72. The van der Waals surface area contributed by atoms with Gasteiger partial charge in [0.2, 0.25) is 0 Å². The van der Waals surface area contributed by atoms with Gasteiger partial charge in [0.05, 0.1) is 5.52 Å². The van der Waals surface area contributed by atoms with Gasteiger partial charge in [-0.1, -0.05) is 26.8 Å². The summed E-state index contributed by atoms with van der Waals surface area (Å²) in [5.74, 6) is 1.77. The number of aromatic nitrogens is 2. The van der Waals surface area contributed by atoms with E-state index < -0.39 is 0 Å². The Morgan fingerprint density at radius 2 is 2.00 bits per heavy atom. The van der Waals surface area contributed by atoms with Crippen LogP contribution in [0.5, 0.6) is 0 Å². The first-order valence-electron chi connectivity index (χ1n) is 5.33. The van der Waals surface area contributed by atoms with Crippen molar-refractivity contribution in [1.29, 1.82) is 0 Å². The third-order valence-electron chi connectivity index (χ3n) is 3.14. The van der Waals surface area contributed by atoms with Crippen molar-refractivity contribution in [2.45, 2.75) is 26.7 Å². The Labute approximate surface area is 89.7 Å². The van der Waals surface area contributed by atoms with E-state index in [1.807, 2.05) is 6.07 Å². The molecule has 0 fully saturated rings. The molecule has 3 heteroatoms. The van der Waals surface area contributed by atoms with E-state index in [0.29, 0.717) is 17.7 Å². The predicted molar refractivity (Wildman–Crippen MR) is 63.8 cm³/mol. The predicted octanol–water partition coefficient (Wildman–Crippen LogP) is 2.90. The molecule has 0 saturated carbocycles. The fourth-order valence-electron chi connectivity index (χ4n) is 1.72. The third-order valence-corrected chi connectivity index (χ3v) is 3.14. The van der Waals surface area contributed by atoms with E-state index in [9.17, 15) is 0 Å². The quantitative estimate of drug-likeness (QED) is 0.788. The Balaban J connectivity index is 2.50. The van der Waals surface area contributed by atoms with Crippen molar-refractivity contribution in [3.63, 3.8) is 0 Å². The number of nitrogen functional groups attached to an aromatic ring is 1. The molecule has 80 valence electrons. The lowest BCUT2D eigenvalue weighted by molar-refractivity contribution is 0.535. The first kappa shape index (κ1) is 10.0. The van der Waals surface area contributed by atoms with Gasteiger partial charge in [0, 0.05) is 5.39 Å². The van der Waals surface area contributed by atoms with E-state index >= 15 is 0 Å². The van der Waals surface area contributed by atoms with Crippen molar-refractivity contribution < 1.29 is 0 Å². The smallest absolute Gasteiger partial charge is 0.153 e. The molecule has 3 nitrogen and oxygen atoms in total. The zero-order chi connectivity index (χ0) is 11.0. The molecule has 0 amide bonds. The number of rotatable bonds is 2. The topological polar surface area (TPSA) is 54.7 Å². The molecule has 1 atom stereocenters. The number of aromatic amines is 1. The van der Waals surface area contributed by atoms with E-state index in [2.05, 4.69) is 43.1 Å². The number of nitrogens with two attached hydrogens (primary N) is 1. The largest absolute Gasteiger partial charge is 0.382 e. The second kappa shape index (κ2) is 3.57. The molecule has 1 unspecified atom stereocenters. The zero-order valence-electron chi connectivity index (χ0n) is 9.41. The van der Waals surface area contributed by atoms with Gasteiger partial charge >= 0.3 is 0 Å². The lowest BCUT2D eigenvalue weighted by Crippen LogP contribution is -2.01.